The second kappa shape index (κ2) is 6.43. The third kappa shape index (κ3) is 3.59. The topological polar surface area (TPSA) is 24.9 Å². The zero-order chi connectivity index (χ0) is 10.4. The number of aromatic nitrogens is 1. The predicted octanol–water partition coefficient (Wildman–Crippen LogP) is 2.94. The molecular weight excluding hydrogens is 212 g/mol. The molecule has 0 spiro atoms. The first-order valence-electron chi connectivity index (χ1n) is 4.92. The lowest BCUT2D eigenvalue weighted by atomic mass is 10.2. The number of thioether (sulfide) groups is 1. The molecule has 0 bridgehead atoms. The summed E-state index contributed by atoms with van der Waals surface area (Å²) in [5, 5.41) is 6.81. The number of hydrogen-bond donors (Lipinski definition) is 1. The summed E-state index contributed by atoms with van der Waals surface area (Å²) >= 11 is 3.62. The summed E-state index contributed by atoms with van der Waals surface area (Å²) in [7, 11) is 0. The molecule has 0 aliphatic heterocycles. The molecular formula is C10H18N2S2. The van der Waals surface area contributed by atoms with Crippen LogP contribution in [-0.2, 0) is 0 Å². The van der Waals surface area contributed by atoms with E-state index in [0.717, 1.165) is 0 Å². The van der Waals surface area contributed by atoms with Gasteiger partial charge >= 0.3 is 0 Å². The summed E-state index contributed by atoms with van der Waals surface area (Å²) < 4.78 is 0. The van der Waals surface area contributed by atoms with Crippen molar-refractivity contribution in [3.8, 4) is 0 Å². The molecule has 0 aliphatic rings. The molecule has 1 aromatic heterocycles. The van der Waals surface area contributed by atoms with Crippen LogP contribution in [0.4, 0.5) is 0 Å². The standard InChI is InChI=1S/C10H18N2S2/c1-4-9(7-13-3)12-8(2)10-11-5-6-14-10/h5-6,8-9,12H,4,7H2,1-3H3. The van der Waals surface area contributed by atoms with E-state index in [0.29, 0.717) is 12.1 Å². The maximum Gasteiger partial charge on any atom is 0.109 e. The zero-order valence-corrected chi connectivity index (χ0v) is 10.6. The van der Waals surface area contributed by atoms with Gasteiger partial charge in [0.15, 0.2) is 0 Å². The van der Waals surface area contributed by atoms with Crippen molar-refractivity contribution in [1.29, 1.82) is 0 Å². The second-order valence-electron chi connectivity index (χ2n) is 3.32. The van der Waals surface area contributed by atoms with E-state index in [1.165, 1.54) is 17.2 Å². The fraction of sp³-hybridized carbons (Fsp3) is 0.700. The van der Waals surface area contributed by atoms with E-state index in [9.17, 15) is 0 Å². The first-order valence-corrected chi connectivity index (χ1v) is 7.19. The molecule has 4 heteroatoms. The number of nitrogens with one attached hydrogen (secondary N) is 1. The van der Waals surface area contributed by atoms with Crippen LogP contribution in [0.2, 0.25) is 0 Å². The summed E-state index contributed by atoms with van der Waals surface area (Å²) in [4.78, 5) is 4.31. The number of rotatable bonds is 6. The normalized spacial score (nSPS) is 15.4. The molecule has 0 radical (unpaired) electrons. The maximum absolute atomic E-state index is 4.31. The zero-order valence-electron chi connectivity index (χ0n) is 8.99. The molecule has 2 atom stereocenters. The molecule has 80 valence electrons. The van der Waals surface area contributed by atoms with Crippen molar-refractivity contribution in [2.75, 3.05) is 12.0 Å². The van der Waals surface area contributed by atoms with Gasteiger partial charge in [0.25, 0.3) is 0 Å². The molecule has 0 saturated heterocycles. The van der Waals surface area contributed by atoms with Crippen molar-refractivity contribution in [1.82, 2.24) is 10.3 Å². The largest absolute Gasteiger partial charge is 0.305 e. The van der Waals surface area contributed by atoms with E-state index in [1.807, 2.05) is 23.3 Å². The average Bonchev–Trinajstić information content (AvgIpc) is 2.69. The lowest BCUT2D eigenvalue weighted by Crippen LogP contribution is -2.32. The molecule has 0 aromatic carbocycles. The Morgan fingerprint density at radius 1 is 1.64 bits per heavy atom. The maximum atomic E-state index is 4.31. The van der Waals surface area contributed by atoms with Gasteiger partial charge in [-0.05, 0) is 19.6 Å². The molecule has 14 heavy (non-hydrogen) atoms. The van der Waals surface area contributed by atoms with E-state index in [4.69, 9.17) is 0 Å². The number of thiazole rings is 1. The van der Waals surface area contributed by atoms with E-state index >= 15 is 0 Å². The first kappa shape index (κ1) is 12.0. The summed E-state index contributed by atoms with van der Waals surface area (Å²) in [6.07, 6.45) is 5.20. The van der Waals surface area contributed by atoms with E-state index in [2.05, 4.69) is 30.4 Å². The van der Waals surface area contributed by atoms with Gasteiger partial charge in [-0.2, -0.15) is 11.8 Å². The highest BCUT2D eigenvalue weighted by molar-refractivity contribution is 7.98. The van der Waals surface area contributed by atoms with Crippen LogP contribution < -0.4 is 5.32 Å². The van der Waals surface area contributed by atoms with Gasteiger partial charge in [0.2, 0.25) is 0 Å². The predicted molar refractivity (Wildman–Crippen MR) is 66.1 cm³/mol. The van der Waals surface area contributed by atoms with Crippen LogP contribution in [-0.4, -0.2) is 23.0 Å². The summed E-state index contributed by atoms with van der Waals surface area (Å²) in [5.74, 6) is 1.17. The van der Waals surface area contributed by atoms with Crippen molar-refractivity contribution < 1.29 is 0 Å². The van der Waals surface area contributed by atoms with E-state index in [-0.39, 0.29) is 0 Å². The van der Waals surface area contributed by atoms with Gasteiger partial charge in [0, 0.05) is 23.4 Å². The van der Waals surface area contributed by atoms with Crippen molar-refractivity contribution in [3.05, 3.63) is 16.6 Å². The lowest BCUT2D eigenvalue weighted by Gasteiger charge is -2.19. The molecule has 1 aromatic rings. The minimum Gasteiger partial charge on any atom is -0.305 e. The number of nitrogens with zero attached hydrogens (tertiary/aromatic N) is 1. The van der Waals surface area contributed by atoms with Gasteiger partial charge in [0.05, 0.1) is 6.04 Å². The van der Waals surface area contributed by atoms with Crippen molar-refractivity contribution >= 4 is 23.1 Å². The van der Waals surface area contributed by atoms with Crippen LogP contribution in [0.1, 0.15) is 31.3 Å². The van der Waals surface area contributed by atoms with Crippen molar-refractivity contribution in [3.63, 3.8) is 0 Å². The van der Waals surface area contributed by atoms with Crippen LogP contribution in [0.25, 0.3) is 0 Å². The Labute approximate surface area is 94.5 Å². The van der Waals surface area contributed by atoms with Gasteiger partial charge in [-0.3, -0.25) is 0 Å². The van der Waals surface area contributed by atoms with Gasteiger partial charge in [-0.1, -0.05) is 6.92 Å². The summed E-state index contributed by atoms with van der Waals surface area (Å²) in [5.41, 5.74) is 0. The Kier molecular flexibility index (Phi) is 5.52. The Bertz CT molecular complexity index is 236. The highest BCUT2D eigenvalue weighted by Crippen LogP contribution is 2.16. The second-order valence-corrected chi connectivity index (χ2v) is 5.16. The monoisotopic (exact) mass is 230 g/mol. The first-order chi connectivity index (χ1) is 6.77. The van der Waals surface area contributed by atoms with Gasteiger partial charge in [0.1, 0.15) is 5.01 Å². The minimum atomic E-state index is 0.382. The summed E-state index contributed by atoms with van der Waals surface area (Å²) in [6.45, 7) is 4.41. The molecule has 2 nitrogen and oxygen atoms in total. The summed E-state index contributed by atoms with van der Waals surface area (Å²) in [6, 6.07) is 0.982. The molecule has 2 unspecified atom stereocenters. The third-order valence-electron chi connectivity index (χ3n) is 2.17. The minimum absolute atomic E-state index is 0.382. The van der Waals surface area contributed by atoms with Crippen LogP contribution in [0.3, 0.4) is 0 Å². The molecule has 0 aliphatic carbocycles. The molecule has 0 saturated carbocycles. The van der Waals surface area contributed by atoms with E-state index < -0.39 is 0 Å². The average molecular weight is 230 g/mol. The lowest BCUT2D eigenvalue weighted by molar-refractivity contribution is 0.473. The Hall–Kier alpha value is -0.0600. The fourth-order valence-electron chi connectivity index (χ4n) is 1.36. The fourth-order valence-corrected chi connectivity index (χ4v) is 2.75. The van der Waals surface area contributed by atoms with Crippen molar-refractivity contribution in [2.45, 2.75) is 32.4 Å². The van der Waals surface area contributed by atoms with Gasteiger partial charge < -0.3 is 5.32 Å². The van der Waals surface area contributed by atoms with E-state index in [1.54, 1.807) is 11.3 Å². The number of hydrogen-bond acceptors (Lipinski definition) is 4. The highest BCUT2D eigenvalue weighted by atomic mass is 32.2. The smallest absolute Gasteiger partial charge is 0.109 e. The molecule has 1 rings (SSSR count). The molecule has 0 fully saturated rings. The molecule has 1 N–H and O–H groups in total. The van der Waals surface area contributed by atoms with Crippen LogP contribution in [0.5, 0.6) is 0 Å². The molecule has 0 amide bonds. The van der Waals surface area contributed by atoms with Gasteiger partial charge in [-0.15, -0.1) is 11.3 Å². The third-order valence-corrected chi connectivity index (χ3v) is 3.86. The SMILES string of the molecule is CCC(CSC)NC(C)c1nccs1. The highest BCUT2D eigenvalue weighted by Gasteiger charge is 2.12. The quantitative estimate of drug-likeness (QED) is 0.813. The Morgan fingerprint density at radius 2 is 2.43 bits per heavy atom. The Balaban J connectivity index is 2.42. The van der Waals surface area contributed by atoms with Crippen molar-refractivity contribution in [2.24, 2.45) is 0 Å². The van der Waals surface area contributed by atoms with Crippen LogP contribution >= 0.6 is 23.1 Å². The molecule has 1 heterocycles. The Morgan fingerprint density at radius 3 is 2.93 bits per heavy atom. The van der Waals surface area contributed by atoms with Gasteiger partial charge in [-0.25, -0.2) is 4.98 Å². The van der Waals surface area contributed by atoms with Crippen LogP contribution in [0, 0.1) is 0 Å². The van der Waals surface area contributed by atoms with Crippen LogP contribution in [0.15, 0.2) is 11.6 Å².